The van der Waals surface area contributed by atoms with Gasteiger partial charge in [0.25, 0.3) is 0 Å². The standard InChI is InChI=1S/C19H22F2N2O2/c20-17-6-3-15(11-18(17)21)19(24)13-22-12-14-1-4-16(5-2-14)23-7-9-25-10-8-23/h1-6,11,19,22,24H,7-10,12-13H2/t19-/m1/s1. The molecule has 2 aromatic rings. The Morgan fingerprint density at radius 3 is 2.44 bits per heavy atom. The Bertz CT molecular complexity index is 688. The van der Waals surface area contributed by atoms with Crippen molar-refractivity contribution in [2.24, 2.45) is 0 Å². The van der Waals surface area contributed by atoms with Gasteiger partial charge in [0.15, 0.2) is 11.6 Å². The summed E-state index contributed by atoms with van der Waals surface area (Å²) in [6.45, 7) is 4.16. The van der Waals surface area contributed by atoms with Gasteiger partial charge < -0.3 is 20.1 Å². The molecule has 1 saturated heterocycles. The Labute approximate surface area is 146 Å². The molecule has 1 heterocycles. The van der Waals surface area contributed by atoms with Crippen LogP contribution in [0.3, 0.4) is 0 Å². The Morgan fingerprint density at radius 2 is 1.76 bits per heavy atom. The number of hydrogen-bond acceptors (Lipinski definition) is 4. The molecule has 1 aliphatic rings. The van der Waals surface area contributed by atoms with Crippen molar-refractivity contribution in [1.29, 1.82) is 0 Å². The molecule has 0 aliphatic carbocycles. The maximum Gasteiger partial charge on any atom is 0.159 e. The minimum atomic E-state index is -0.949. The summed E-state index contributed by atoms with van der Waals surface area (Å²) in [6, 6.07) is 11.7. The SMILES string of the molecule is O[C@H](CNCc1ccc(N2CCOCC2)cc1)c1ccc(F)c(F)c1. The van der Waals surface area contributed by atoms with Crippen LogP contribution in [0.2, 0.25) is 0 Å². The molecular formula is C19H22F2N2O2. The van der Waals surface area contributed by atoms with Crippen LogP contribution in [0.5, 0.6) is 0 Å². The Balaban J connectivity index is 1.48. The van der Waals surface area contributed by atoms with E-state index >= 15 is 0 Å². The lowest BCUT2D eigenvalue weighted by molar-refractivity contribution is 0.122. The predicted molar refractivity (Wildman–Crippen MR) is 92.5 cm³/mol. The number of nitrogens with zero attached hydrogens (tertiary/aromatic N) is 1. The van der Waals surface area contributed by atoms with Crippen LogP contribution >= 0.6 is 0 Å². The maximum absolute atomic E-state index is 13.2. The number of aliphatic hydroxyl groups excluding tert-OH is 1. The zero-order valence-corrected chi connectivity index (χ0v) is 13.9. The highest BCUT2D eigenvalue weighted by Crippen LogP contribution is 2.18. The lowest BCUT2D eigenvalue weighted by atomic mass is 10.1. The monoisotopic (exact) mass is 348 g/mol. The number of anilines is 1. The van der Waals surface area contributed by atoms with Gasteiger partial charge in [0, 0.05) is 31.9 Å². The van der Waals surface area contributed by atoms with E-state index < -0.39 is 17.7 Å². The number of ether oxygens (including phenoxy) is 1. The van der Waals surface area contributed by atoms with E-state index in [0.29, 0.717) is 12.1 Å². The van der Waals surface area contributed by atoms with E-state index in [4.69, 9.17) is 4.74 Å². The van der Waals surface area contributed by atoms with Crippen LogP contribution in [0.15, 0.2) is 42.5 Å². The Morgan fingerprint density at radius 1 is 1.04 bits per heavy atom. The average molecular weight is 348 g/mol. The fourth-order valence-electron chi connectivity index (χ4n) is 2.84. The molecule has 0 saturated carbocycles. The van der Waals surface area contributed by atoms with E-state index in [0.717, 1.165) is 44.0 Å². The van der Waals surface area contributed by atoms with Crippen molar-refractivity contribution in [1.82, 2.24) is 5.32 Å². The van der Waals surface area contributed by atoms with Crippen molar-refractivity contribution < 1.29 is 18.6 Å². The van der Waals surface area contributed by atoms with Crippen LogP contribution in [0.4, 0.5) is 14.5 Å². The van der Waals surface area contributed by atoms with E-state index in [-0.39, 0.29) is 6.54 Å². The molecule has 0 aromatic heterocycles. The van der Waals surface area contributed by atoms with Gasteiger partial charge >= 0.3 is 0 Å². The topological polar surface area (TPSA) is 44.7 Å². The largest absolute Gasteiger partial charge is 0.387 e. The van der Waals surface area contributed by atoms with Crippen LogP contribution in [0, 0.1) is 11.6 Å². The van der Waals surface area contributed by atoms with Gasteiger partial charge in [0.2, 0.25) is 0 Å². The van der Waals surface area contributed by atoms with Crippen LogP contribution in [0.1, 0.15) is 17.2 Å². The van der Waals surface area contributed by atoms with Crippen LogP contribution in [-0.2, 0) is 11.3 Å². The smallest absolute Gasteiger partial charge is 0.159 e. The van der Waals surface area contributed by atoms with Gasteiger partial charge in [-0.25, -0.2) is 8.78 Å². The second kappa shape index (κ2) is 8.38. The third kappa shape index (κ3) is 4.75. The van der Waals surface area contributed by atoms with Crippen LogP contribution < -0.4 is 10.2 Å². The number of benzene rings is 2. The third-order valence-corrected chi connectivity index (χ3v) is 4.31. The van der Waals surface area contributed by atoms with Gasteiger partial charge in [-0.1, -0.05) is 18.2 Å². The lowest BCUT2D eigenvalue weighted by Gasteiger charge is -2.28. The van der Waals surface area contributed by atoms with E-state index in [2.05, 4.69) is 22.3 Å². The summed E-state index contributed by atoms with van der Waals surface area (Å²) in [5.41, 5.74) is 2.62. The predicted octanol–water partition coefficient (Wildman–Crippen LogP) is 2.62. The van der Waals surface area contributed by atoms with Crippen LogP contribution in [0.25, 0.3) is 0 Å². The molecule has 3 rings (SSSR count). The quantitative estimate of drug-likeness (QED) is 0.842. The zero-order chi connectivity index (χ0) is 17.6. The number of nitrogens with one attached hydrogen (secondary N) is 1. The summed E-state index contributed by atoms with van der Waals surface area (Å²) in [5, 5.41) is 13.2. The third-order valence-electron chi connectivity index (χ3n) is 4.31. The molecule has 0 radical (unpaired) electrons. The first kappa shape index (κ1) is 17.8. The van der Waals surface area contributed by atoms with Gasteiger partial charge in [-0.2, -0.15) is 0 Å². The molecule has 1 fully saturated rings. The summed E-state index contributed by atoms with van der Waals surface area (Å²) in [5.74, 6) is -1.86. The van der Waals surface area contributed by atoms with Crippen molar-refractivity contribution in [2.75, 3.05) is 37.7 Å². The number of morpholine rings is 1. The molecule has 1 atom stereocenters. The molecule has 0 unspecified atom stereocenters. The van der Waals surface area contributed by atoms with Crippen molar-refractivity contribution in [2.45, 2.75) is 12.6 Å². The number of rotatable bonds is 6. The molecule has 6 heteroatoms. The molecule has 0 amide bonds. The molecule has 0 spiro atoms. The fourth-order valence-corrected chi connectivity index (χ4v) is 2.84. The van der Waals surface area contributed by atoms with E-state index in [1.54, 1.807) is 0 Å². The summed E-state index contributed by atoms with van der Waals surface area (Å²) >= 11 is 0. The van der Waals surface area contributed by atoms with Gasteiger partial charge in [-0.3, -0.25) is 0 Å². The molecule has 134 valence electrons. The molecule has 25 heavy (non-hydrogen) atoms. The van der Waals surface area contributed by atoms with Crippen molar-refractivity contribution in [3.63, 3.8) is 0 Å². The summed E-state index contributed by atoms with van der Waals surface area (Å²) in [7, 11) is 0. The average Bonchev–Trinajstić information content (AvgIpc) is 2.65. The second-order valence-electron chi connectivity index (χ2n) is 6.09. The minimum absolute atomic E-state index is 0.260. The zero-order valence-electron chi connectivity index (χ0n) is 13.9. The maximum atomic E-state index is 13.2. The Kier molecular flexibility index (Phi) is 5.96. The molecular weight excluding hydrogens is 326 g/mol. The van der Waals surface area contributed by atoms with E-state index in [1.165, 1.54) is 11.8 Å². The first-order valence-corrected chi connectivity index (χ1v) is 8.39. The van der Waals surface area contributed by atoms with Crippen molar-refractivity contribution in [3.05, 3.63) is 65.2 Å². The highest BCUT2D eigenvalue weighted by atomic mass is 19.2. The van der Waals surface area contributed by atoms with Crippen molar-refractivity contribution >= 4 is 5.69 Å². The lowest BCUT2D eigenvalue weighted by Crippen LogP contribution is -2.36. The number of aliphatic hydroxyl groups is 1. The highest BCUT2D eigenvalue weighted by Gasteiger charge is 2.12. The molecule has 2 aromatic carbocycles. The van der Waals surface area contributed by atoms with Crippen LogP contribution in [-0.4, -0.2) is 38.0 Å². The molecule has 0 bridgehead atoms. The first-order chi connectivity index (χ1) is 12.1. The van der Waals surface area contributed by atoms with Gasteiger partial charge in [0.05, 0.1) is 19.3 Å². The minimum Gasteiger partial charge on any atom is -0.387 e. The first-order valence-electron chi connectivity index (χ1n) is 8.39. The fraction of sp³-hybridized carbons (Fsp3) is 0.368. The van der Waals surface area contributed by atoms with Gasteiger partial charge in [0.1, 0.15) is 0 Å². The normalized spacial score (nSPS) is 16.0. The van der Waals surface area contributed by atoms with Gasteiger partial charge in [-0.05, 0) is 35.4 Å². The molecule has 2 N–H and O–H groups in total. The summed E-state index contributed by atoms with van der Waals surface area (Å²) in [4.78, 5) is 2.29. The number of halogens is 2. The number of hydrogen-bond donors (Lipinski definition) is 2. The highest BCUT2D eigenvalue weighted by molar-refractivity contribution is 5.47. The summed E-state index contributed by atoms with van der Waals surface area (Å²) < 4.78 is 31.5. The Hall–Kier alpha value is -2.02. The van der Waals surface area contributed by atoms with Crippen molar-refractivity contribution in [3.8, 4) is 0 Å². The molecule has 4 nitrogen and oxygen atoms in total. The van der Waals surface area contributed by atoms with E-state index in [9.17, 15) is 13.9 Å². The van der Waals surface area contributed by atoms with Gasteiger partial charge in [-0.15, -0.1) is 0 Å². The second-order valence-corrected chi connectivity index (χ2v) is 6.09. The van der Waals surface area contributed by atoms with E-state index in [1.807, 2.05) is 12.1 Å². The molecule has 1 aliphatic heterocycles. The summed E-state index contributed by atoms with van der Waals surface area (Å²) in [6.07, 6.45) is -0.886.